The molecular weight excluding hydrogens is 316 g/mol. The van der Waals surface area contributed by atoms with Gasteiger partial charge in [0, 0.05) is 9.80 Å². The van der Waals surface area contributed by atoms with Gasteiger partial charge in [0.2, 0.25) is 0 Å². The van der Waals surface area contributed by atoms with Crippen LogP contribution in [0.1, 0.15) is 25.8 Å². The fraction of sp³-hybridized carbons (Fsp3) is 0.412. The number of carboxylic acid groups (broad SMARTS) is 2. The van der Waals surface area contributed by atoms with Gasteiger partial charge in [-0.3, -0.25) is 9.59 Å². The maximum atomic E-state index is 12.7. The van der Waals surface area contributed by atoms with Gasteiger partial charge in [-0.1, -0.05) is 37.6 Å². The minimum atomic E-state index is -1.49. The number of rotatable bonds is 4. The molecule has 2 rings (SSSR count). The summed E-state index contributed by atoms with van der Waals surface area (Å²) in [5.41, 5.74) is 0.154. The SMILES string of the molecule is Cc1ccc([S@](=O)C2=CC(C)(C)[C@@H](C(=O)O)[C@@H](C(=O)O)C2)cc1. The lowest BCUT2D eigenvalue weighted by Crippen LogP contribution is -2.42. The molecule has 0 unspecified atom stereocenters. The van der Waals surface area contributed by atoms with E-state index in [9.17, 15) is 24.0 Å². The van der Waals surface area contributed by atoms with Crippen LogP contribution in [-0.2, 0) is 20.4 Å². The third-order valence-corrected chi connectivity index (χ3v) is 5.68. The zero-order chi connectivity index (χ0) is 17.4. The summed E-state index contributed by atoms with van der Waals surface area (Å²) in [4.78, 5) is 24.1. The minimum Gasteiger partial charge on any atom is -0.481 e. The molecule has 1 aromatic rings. The molecule has 23 heavy (non-hydrogen) atoms. The molecule has 0 bridgehead atoms. The van der Waals surface area contributed by atoms with E-state index in [0.29, 0.717) is 9.80 Å². The smallest absolute Gasteiger partial charge is 0.308 e. The number of aryl methyl sites for hydroxylation is 1. The quantitative estimate of drug-likeness (QED) is 0.882. The topological polar surface area (TPSA) is 91.7 Å². The summed E-state index contributed by atoms with van der Waals surface area (Å²) in [5.74, 6) is -4.44. The molecule has 1 aliphatic rings. The fourth-order valence-corrected chi connectivity index (χ4v) is 4.51. The maximum Gasteiger partial charge on any atom is 0.308 e. The second-order valence-electron chi connectivity index (χ2n) is 6.48. The van der Waals surface area contributed by atoms with E-state index < -0.39 is 40.0 Å². The molecular formula is C17H20O5S. The molecule has 3 atom stereocenters. The lowest BCUT2D eigenvalue weighted by Gasteiger charge is -2.37. The average molecular weight is 336 g/mol. The van der Waals surface area contributed by atoms with Crippen LogP contribution < -0.4 is 0 Å². The normalized spacial score (nSPS) is 24.6. The molecule has 0 fully saturated rings. The Morgan fingerprint density at radius 2 is 1.70 bits per heavy atom. The van der Waals surface area contributed by atoms with Gasteiger partial charge < -0.3 is 10.2 Å². The molecule has 0 saturated heterocycles. The largest absolute Gasteiger partial charge is 0.481 e. The van der Waals surface area contributed by atoms with Crippen molar-refractivity contribution in [3.8, 4) is 0 Å². The lowest BCUT2D eigenvalue weighted by atomic mass is 9.67. The summed E-state index contributed by atoms with van der Waals surface area (Å²) in [6, 6.07) is 7.18. The molecule has 0 heterocycles. The van der Waals surface area contributed by atoms with Crippen LogP contribution in [0.3, 0.4) is 0 Å². The Bertz CT molecular complexity index is 687. The molecule has 124 valence electrons. The van der Waals surface area contributed by atoms with Crippen LogP contribution in [0.15, 0.2) is 40.1 Å². The van der Waals surface area contributed by atoms with Crippen molar-refractivity contribution in [1.82, 2.24) is 0 Å². The van der Waals surface area contributed by atoms with E-state index in [2.05, 4.69) is 0 Å². The second kappa shape index (κ2) is 6.28. The van der Waals surface area contributed by atoms with E-state index in [-0.39, 0.29) is 6.42 Å². The molecule has 5 nitrogen and oxygen atoms in total. The Morgan fingerprint density at radius 3 is 2.17 bits per heavy atom. The van der Waals surface area contributed by atoms with Gasteiger partial charge in [-0.25, -0.2) is 4.21 Å². The van der Waals surface area contributed by atoms with E-state index >= 15 is 0 Å². The number of hydrogen-bond donors (Lipinski definition) is 2. The van der Waals surface area contributed by atoms with Crippen molar-refractivity contribution in [3.63, 3.8) is 0 Å². The van der Waals surface area contributed by atoms with Gasteiger partial charge in [0.05, 0.1) is 22.6 Å². The van der Waals surface area contributed by atoms with Crippen molar-refractivity contribution in [2.75, 3.05) is 0 Å². The minimum absolute atomic E-state index is 0.0176. The zero-order valence-corrected chi connectivity index (χ0v) is 14.1. The summed E-state index contributed by atoms with van der Waals surface area (Å²) < 4.78 is 12.7. The highest BCUT2D eigenvalue weighted by Gasteiger charge is 2.47. The molecule has 1 aliphatic carbocycles. The van der Waals surface area contributed by atoms with Crippen LogP contribution >= 0.6 is 0 Å². The van der Waals surface area contributed by atoms with Crippen LogP contribution in [0.2, 0.25) is 0 Å². The third-order valence-electron chi connectivity index (χ3n) is 4.21. The standard InChI is InChI=1S/C17H20O5S/c1-10-4-6-11(7-5-10)23(22)12-8-13(15(18)19)14(16(20)21)17(2,3)9-12/h4-7,9,13-14H,8H2,1-3H3,(H,18,19)(H,20,21)/t13-,14+,23-/m0/s1. The van der Waals surface area contributed by atoms with Gasteiger partial charge in [-0.2, -0.15) is 0 Å². The van der Waals surface area contributed by atoms with Gasteiger partial charge in [-0.05, 0) is 30.9 Å². The first-order valence-electron chi connectivity index (χ1n) is 7.29. The number of allylic oxidation sites excluding steroid dienone is 2. The molecule has 0 radical (unpaired) electrons. The highest BCUT2D eigenvalue weighted by molar-refractivity contribution is 7.89. The summed E-state index contributed by atoms with van der Waals surface area (Å²) in [6.45, 7) is 5.27. The summed E-state index contributed by atoms with van der Waals surface area (Å²) in [6.07, 6.45) is 1.65. The molecule has 0 saturated carbocycles. The predicted octanol–water partition coefficient (Wildman–Crippen LogP) is 2.82. The number of carboxylic acids is 2. The van der Waals surface area contributed by atoms with Crippen molar-refractivity contribution in [3.05, 3.63) is 40.8 Å². The van der Waals surface area contributed by atoms with E-state index in [1.807, 2.05) is 19.1 Å². The Hall–Kier alpha value is -1.95. The van der Waals surface area contributed by atoms with E-state index in [1.54, 1.807) is 32.1 Å². The fourth-order valence-electron chi connectivity index (χ4n) is 3.08. The first-order chi connectivity index (χ1) is 10.6. The zero-order valence-electron chi connectivity index (χ0n) is 13.3. The van der Waals surface area contributed by atoms with E-state index in [1.165, 1.54) is 0 Å². The van der Waals surface area contributed by atoms with Crippen molar-refractivity contribution >= 4 is 22.7 Å². The average Bonchev–Trinajstić information content (AvgIpc) is 2.44. The Labute approximate surface area is 137 Å². The molecule has 0 aliphatic heterocycles. The van der Waals surface area contributed by atoms with Gasteiger partial charge in [-0.15, -0.1) is 0 Å². The van der Waals surface area contributed by atoms with Crippen molar-refractivity contribution in [1.29, 1.82) is 0 Å². The number of aliphatic carboxylic acids is 2. The first-order valence-corrected chi connectivity index (χ1v) is 8.44. The Balaban J connectivity index is 2.43. The second-order valence-corrected chi connectivity index (χ2v) is 8.01. The monoisotopic (exact) mass is 336 g/mol. The maximum absolute atomic E-state index is 12.7. The first kappa shape index (κ1) is 17.4. The molecule has 0 aromatic heterocycles. The molecule has 0 amide bonds. The van der Waals surface area contributed by atoms with Crippen molar-refractivity contribution in [2.24, 2.45) is 17.3 Å². The number of carbonyl (C=O) groups is 2. The molecule has 6 heteroatoms. The number of benzene rings is 1. The van der Waals surface area contributed by atoms with Gasteiger partial charge >= 0.3 is 11.9 Å². The summed E-state index contributed by atoms with van der Waals surface area (Å²) >= 11 is 0. The van der Waals surface area contributed by atoms with Crippen LogP contribution in [0.5, 0.6) is 0 Å². The summed E-state index contributed by atoms with van der Waals surface area (Å²) in [5, 5.41) is 18.8. The predicted molar refractivity (Wildman–Crippen MR) is 86.3 cm³/mol. The van der Waals surface area contributed by atoms with Crippen LogP contribution in [0.4, 0.5) is 0 Å². The number of hydrogen-bond acceptors (Lipinski definition) is 3. The van der Waals surface area contributed by atoms with E-state index in [0.717, 1.165) is 5.56 Å². The van der Waals surface area contributed by atoms with Crippen LogP contribution in [0.25, 0.3) is 0 Å². The van der Waals surface area contributed by atoms with Gasteiger partial charge in [0.1, 0.15) is 0 Å². The highest BCUT2D eigenvalue weighted by atomic mass is 32.2. The van der Waals surface area contributed by atoms with Crippen molar-refractivity contribution in [2.45, 2.75) is 32.1 Å². The van der Waals surface area contributed by atoms with E-state index in [4.69, 9.17) is 0 Å². The Morgan fingerprint density at radius 1 is 1.13 bits per heavy atom. The highest BCUT2D eigenvalue weighted by Crippen LogP contribution is 2.44. The summed E-state index contributed by atoms with van der Waals surface area (Å²) in [7, 11) is -1.49. The van der Waals surface area contributed by atoms with Crippen LogP contribution in [-0.4, -0.2) is 26.4 Å². The molecule has 0 spiro atoms. The van der Waals surface area contributed by atoms with Crippen molar-refractivity contribution < 1.29 is 24.0 Å². The third kappa shape index (κ3) is 3.52. The lowest BCUT2D eigenvalue weighted by molar-refractivity contribution is -0.158. The molecule has 2 N–H and O–H groups in total. The molecule has 1 aromatic carbocycles. The van der Waals surface area contributed by atoms with Gasteiger partial charge in [0.15, 0.2) is 0 Å². The Kier molecular flexibility index (Phi) is 4.75. The van der Waals surface area contributed by atoms with Crippen LogP contribution in [0, 0.1) is 24.2 Å². The van der Waals surface area contributed by atoms with Gasteiger partial charge in [0.25, 0.3) is 0 Å².